The molecule has 0 bridgehead atoms. The summed E-state index contributed by atoms with van der Waals surface area (Å²) in [6.45, 7) is 2.71. The van der Waals surface area contributed by atoms with E-state index in [1.807, 2.05) is 0 Å². The van der Waals surface area contributed by atoms with Crippen LogP contribution >= 0.6 is 11.8 Å². The fourth-order valence-electron chi connectivity index (χ4n) is 2.95. The maximum absolute atomic E-state index is 5.96. The number of thioether (sulfide) groups is 1. The van der Waals surface area contributed by atoms with E-state index in [0.29, 0.717) is 6.54 Å². The zero-order chi connectivity index (χ0) is 14.7. The number of nitrogens with zero attached hydrogens (tertiary/aromatic N) is 2. The molecule has 21 heavy (non-hydrogen) atoms. The van der Waals surface area contributed by atoms with Gasteiger partial charge in [-0.2, -0.15) is 4.98 Å². The summed E-state index contributed by atoms with van der Waals surface area (Å²) in [5, 5.41) is 4.14. The second-order valence-corrected chi connectivity index (χ2v) is 6.78. The van der Waals surface area contributed by atoms with Gasteiger partial charge in [-0.05, 0) is 31.4 Å². The zero-order valence-electron chi connectivity index (χ0n) is 12.3. The quantitative estimate of drug-likeness (QED) is 0.857. The predicted molar refractivity (Wildman–Crippen MR) is 84.2 cm³/mol. The minimum atomic E-state index is -0.0709. The number of hydrogen-bond donors (Lipinski definition) is 1. The summed E-state index contributed by atoms with van der Waals surface area (Å²) >= 11 is 1.75. The van der Waals surface area contributed by atoms with Gasteiger partial charge in [0.15, 0.2) is 5.82 Å². The average Bonchev–Trinajstić information content (AvgIpc) is 3.16. The summed E-state index contributed by atoms with van der Waals surface area (Å²) in [4.78, 5) is 5.86. The SMILES string of the molecule is Cc1ccccc1SCc1noc(C2(CN)CCCC2)n1. The average molecular weight is 303 g/mol. The maximum Gasteiger partial charge on any atom is 0.234 e. The van der Waals surface area contributed by atoms with Crippen LogP contribution in [0, 0.1) is 6.92 Å². The maximum atomic E-state index is 5.96. The van der Waals surface area contributed by atoms with Gasteiger partial charge in [-0.3, -0.25) is 0 Å². The molecule has 0 radical (unpaired) electrons. The molecule has 2 N–H and O–H groups in total. The Morgan fingerprint density at radius 3 is 2.76 bits per heavy atom. The Bertz CT molecular complexity index is 605. The third kappa shape index (κ3) is 2.99. The summed E-state index contributed by atoms with van der Waals surface area (Å²) in [7, 11) is 0. The molecule has 0 saturated heterocycles. The Morgan fingerprint density at radius 2 is 2.05 bits per heavy atom. The number of aryl methyl sites for hydroxylation is 1. The molecule has 0 atom stereocenters. The Labute approximate surface area is 129 Å². The van der Waals surface area contributed by atoms with Gasteiger partial charge in [0, 0.05) is 11.4 Å². The summed E-state index contributed by atoms with van der Waals surface area (Å²) < 4.78 is 5.51. The highest BCUT2D eigenvalue weighted by atomic mass is 32.2. The monoisotopic (exact) mass is 303 g/mol. The summed E-state index contributed by atoms with van der Waals surface area (Å²) in [5.41, 5.74) is 7.17. The molecule has 3 rings (SSSR count). The lowest BCUT2D eigenvalue weighted by molar-refractivity contribution is 0.283. The van der Waals surface area contributed by atoms with Gasteiger partial charge in [-0.15, -0.1) is 11.8 Å². The van der Waals surface area contributed by atoms with Crippen molar-refractivity contribution in [1.82, 2.24) is 10.1 Å². The summed E-state index contributed by atoms with van der Waals surface area (Å²) in [6.07, 6.45) is 4.53. The van der Waals surface area contributed by atoms with Crippen LogP contribution in [0.2, 0.25) is 0 Å². The Kier molecular flexibility index (Phi) is 4.31. The van der Waals surface area contributed by atoms with Gasteiger partial charge in [0.2, 0.25) is 5.89 Å². The molecule has 1 aliphatic rings. The van der Waals surface area contributed by atoms with E-state index in [1.165, 1.54) is 23.3 Å². The van der Waals surface area contributed by atoms with Gasteiger partial charge >= 0.3 is 0 Å². The highest BCUT2D eigenvalue weighted by Crippen LogP contribution is 2.39. The van der Waals surface area contributed by atoms with E-state index in [1.54, 1.807) is 11.8 Å². The van der Waals surface area contributed by atoms with Gasteiger partial charge in [-0.25, -0.2) is 0 Å². The Balaban J connectivity index is 1.69. The normalized spacial score (nSPS) is 17.2. The van der Waals surface area contributed by atoms with E-state index in [2.05, 4.69) is 41.3 Å². The second kappa shape index (κ2) is 6.20. The molecule has 0 amide bonds. The van der Waals surface area contributed by atoms with Gasteiger partial charge in [-0.1, -0.05) is 36.2 Å². The van der Waals surface area contributed by atoms with Crippen LogP contribution in [0.25, 0.3) is 0 Å². The first-order chi connectivity index (χ1) is 10.2. The van der Waals surface area contributed by atoms with Gasteiger partial charge < -0.3 is 10.3 Å². The third-order valence-electron chi connectivity index (χ3n) is 4.32. The van der Waals surface area contributed by atoms with E-state index >= 15 is 0 Å². The molecule has 1 aromatic heterocycles. The number of nitrogens with two attached hydrogens (primary N) is 1. The highest BCUT2D eigenvalue weighted by Gasteiger charge is 2.39. The van der Waals surface area contributed by atoms with E-state index in [-0.39, 0.29) is 5.41 Å². The lowest BCUT2D eigenvalue weighted by Gasteiger charge is -2.21. The molecule has 0 aliphatic heterocycles. The van der Waals surface area contributed by atoms with Crippen molar-refractivity contribution in [2.24, 2.45) is 5.73 Å². The summed E-state index contributed by atoms with van der Waals surface area (Å²) in [6, 6.07) is 8.35. The lowest BCUT2D eigenvalue weighted by Crippen LogP contribution is -2.32. The standard InChI is InChI=1S/C16H21N3OS/c1-12-6-2-3-7-13(12)21-10-14-18-15(20-19-14)16(11-17)8-4-5-9-16/h2-3,6-7H,4-5,8-11,17H2,1H3. The Morgan fingerprint density at radius 1 is 1.29 bits per heavy atom. The predicted octanol–water partition coefficient (Wildman–Crippen LogP) is 3.44. The molecule has 1 saturated carbocycles. The molecule has 1 aliphatic carbocycles. The van der Waals surface area contributed by atoms with Crippen LogP contribution in [0.1, 0.15) is 43.0 Å². The molecule has 4 nitrogen and oxygen atoms in total. The zero-order valence-corrected chi connectivity index (χ0v) is 13.2. The van der Waals surface area contributed by atoms with Crippen LogP contribution in [0.4, 0.5) is 0 Å². The fourth-order valence-corrected chi connectivity index (χ4v) is 3.82. The number of hydrogen-bond acceptors (Lipinski definition) is 5. The van der Waals surface area contributed by atoms with Crippen molar-refractivity contribution in [3.05, 3.63) is 41.5 Å². The van der Waals surface area contributed by atoms with Crippen LogP contribution in [0.3, 0.4) is 0 Å². The minimum Gasteiger partial charge on any atom is -0.339 e. The van der Waals surface area contributed by atoms with Gasteiger partial charge in [0.25, 0.3) is 0 Å². The van der Waals surface area contributed by atoms with Crippen LogP contribution < -0.4 is 5.73 Å². The van der Waals surface area contributed by atoms with Gasteiger partial charge in [0.1, 0.15) is 0 Å². The number of rotatable bonds is 5. The van der Waals surface area contributed by atoms with E-state index in [0.717, 1.165) is 30.3 Å². The van der Waals surface area contributed by atoms with E-state index in [9.17, 15) is 0 Å². The molecule has 0 unspecified atom stereocenters. The van der Waals surface area contributed by atoms with Crippen molar-refractivity contribution < 1.29 is 4.52 Å². The van der Waals surface area contributed by atoms with Crippen molar-refractivity contribution in [3.8, 4) is 0 Å². The first kappa shape index (κ1) is 14.6. The largest absolute Gasteiger partial charge is 0.339 e. The van der Waals surface area contributed by atoms with Crippen LogP contribution in [-0.4, -0.2) is 16.7 Å². The van der Waals surface area contributed by atoms with Crippen LogP contribution in [0.15, 0.2) is 33.7 Å². The topological polar surface area (TPSA) is 64.9 Å². The Hall–Kier alpha value is -1.33. The molecular weight excluding hydrogens is 282 g/mol. The smallest absolute Gasteiger partial charge is 0.234 e. The number of aromatic nitrogens is 2. The first-order valence-corrected chi connectivity index (χ1v) is 8.44. The van der Waals surface area contributed by atoms with Crippen molar-refractivity contribution in [2.45, 2.75) is 48.7 Å². The molecule has 0 spiro atoms. The van der Waals surface area contributed by atoms with Crippen molar-refractivity contribution in [1.29, 1.82) is 0 Å². The first-order valence-electron chi connectivity index (χ1n) is 7.45. The molecular formula is C16H21N3OS. The molecule has 1 aromatic carbocycles. The van der Waals surface area contributed by atoms with Gasteiger partial charge in [0.05, 0.1) is 11.2 Å². The van der Waals surface area contributed by atoms with E-state index in [4.69, 9.17) is 10.3 Å². The van der Waals surface area contributed by atoms with Crippen molar-refractivity contribution >= 4 is 11.8 Å². The lowest BCUT2D eigenvalue weighted by atomic mass is 9.86. The molecule has 112 valence electrons. The molecule has 5 heteroatoms. The van der Waals surface area contributed by atoms with Crippen LogP contribution in [-0.2, 0) is 11.2 Å². The molecule has 1 heterocycles. The number of benzene rings is 1. The molecule has 2 aromatic rings. The van der Waals surface area contributed by atoms with E-state index < -0.39 is 0 Å². The highest BCUT2D eigenvalue weighted by molar-refractivity contribution is 7.98. The van der Waals surface area contributed by atoms with Crippen LogP contribution in [0.5, 0.6) is 0 Å². The minimum absolute atomic E-state index is 0.0709. The summed E-state index contributed by atoms with van der Waals surface area (Å²) in [5.74, 6) is 2.23. The fraction of sp³-hybridized carbons (Fsp3) is 0.500. The third-order valence-corrected chi connectivity index (χ3v) is 5.50. The van der Waals surface area contributed by atoms with Crippen molar-refractivity contribution in [3.63, 3.8) is 0 Å². The van der Waals surface area contributed by atoms with Crippen molar-refractivity contribution in [2.75, 3.05) is 6.54 Å². The second-order valence-electron chi connectivity index (χ2n) is 5.76. The molecule has 1 fully saturated rings.